The monoisotopic (exact) mass is 265 g/mol. The summed E-state index contributed by atoms with van der Waals surface area (Å²) >= 11 is 3.01. The van der Waals surface area contributed by atoms with Gasteiger partial charge in [0, 0.05) is 11.9 Å². The summed E-state index contributed by atoms with van der Waals surface area (Å²) in [5.41, 5.74) is 0.400. The zero-order valence-corrected chi connectivity index (χ0v) is 9.05. The third-order valence-electron chi connectivity index (χ3n) is 1.54. The van der Waals surface area contributed by atoms with Crippen molar-refractivity contribution in [3.05, 3.63) is 40.3 Å². The lowest BCUT2D eigenvalue weighted by atomic mass is 10.3. The lowest BCUT2D eigenvalue weighted by molar-refractivity contribution is 0.622. The van der Waals surface area contributed by atoms with Gasteiger partial charge in [0.15, 0.2) is 0 Å². The minimum Gasteiger partial charge on any atom is -0.360 e. The van der Waals surface area contributed by atoms with E-state index in [1.807, 2.05) is 0 Å². The smallest absolute Gasteiger partial charge is 0.145 e. The summed E-state index contributed by atoms with van der Waals surface area (Å²) in [4.78, 5) is 0. The molecular weight excluding hydrogens is 261 g/mol. The van der Waals surface area contributed by atoms with Crippen LogP contribution in [0.25, 0.3) is 0 Å². The van der Waals surface area contributed by atoms with Crippen LogP contribution in [0.1, 0.15) is 0 Å². The summed E-state index contributed by atoms with van der Waals surface area (Å²) in [5, 5.41) is 19.5. The topological polar surface area (TPSA) is 59.6 Å². The van der Waals surface area contributed by atoms with Gasteiger partial charge in [0.05, 0.1) is 4.47 Å². The van der Waals surface area contributed by atoms with E-state index in [9.17, 15) is 4.39 Å². The highest BCUT2D eigenvalue weighted by Gasteiger charge is 1.99. The number of rotatable bonds is 2. The molecule has 0 heterocycles. The number of nitrogens with zero attached hydrogens (tertiary/aromatic N) is 2. The number of benzene rings is 1. The van der Waals surface area contributed by atoms with Crippen molar-refractivity contribution < 1.29 is 4.39 Å². The maximum Gasteiger partial charge on any atom is 0.145 e. The Morgan fingerprint density at radius 2 is 2.07 bits per heavy atom. The molecule has 0 aliphatic rings. The predicted octanol–water partition coefficient (Wildman–Crippen LogP) is 2.93. The van der Waals surface area contributed by atoms with E-state index in [2.05, 4.69) is 21.2 Å². The summed E-state index contributed by atoms with van der Waals surface area (Å²) < 4.78 is 13.4. The van der Waals surface area contributed by atoms with Gasteiger partial charge in [0.2, 0.25) is 0 Å². The molecule has 0 aliphatic carbocycles. The van der Waals surface area contributed by atoms with Gasteiger partial charge < -0.3 is 5.32 Å². The van der Waals surface area contributed by atoms with E-state index in [4.69, 9.17) is 10.5 Å². The van der Waals surface area contributed by atoms with Crippen LogP contribution in [0.15, 0.2) is 34.4 Å². The van der Waals surface area contributed by atoms with Gasteiger partial charge in [-0.05, 0) is 34.1 Å². The van der Waals surface area contributed by atoms with Gasteiger partial charge in [-0.3, -0.25) is 0 Å². The summed E-state index contributed by atoms with van der Waals surface area (Å²) in [6, 6.07) is 7.77. The molecule has 0 aliphatic heterocycles. The maximum absolute atomic E-state index is 13.0. The molecule has 1 rings (SSSR count). The Hall–Kier alpha value is -1.85. The van der Waals surface area contributed by atoms with Crippen LogP contribution < -0.4 is 5.32 Å². The second-order valence-electron chi connectivity index (χ2n) is 2.55. The Bertz CT molecular complexity index is 466. The van der Waals surface area contributed by atoms with Crippen LogP contribution in [-0.4, -0.2) is 0 Å². The number of hydrogen-bond donors (Lipinski definition) is 1. The summed E-state index contributed by atoms with van der Waals surface area (Å²) in [5.74, 6) is -0.413. The third kappa shape index (κ3) is 3.08. The Kier molecular flexibility index (Phi) is 3.84. The van der Waals surface area contributed by atoms with E-state index in [1.54, 1.807) is 18.2 Å². The quantitative estimate of drug-likeness (QED) is 0.837. The molecule has 0 fully saturated rings. The first-order valence-electron chi connectivity index (χ1n) is 3.89. The maximum atomic E-state index is 13.0. The number of anilines is 1. The third-order valence-corrected chi connectivity index (χ3v) is 2.19. The predicted molar refractivity (Wildman–Crippen MR) is 57.0 cm³/mol. The van der Waals surface area contributed by atoms with Crippen molar-refractivity contribution in [3.8, 4) is 12.1 Å². The molecule has 3 nitrogen and oxygen atoms in total. The number of nitrogens with one attached hydrogen (secondary N) is 1. The van der Waals surface area contributed by atoms with Crippen LogP contribution in [0.3, 0.4) is 0 Å². The Balaban J connectivity index is 2.84. The summed E-state index contributed by atoms with van der Waals surface area (Å²) in [6.45, 7) is 0. The molecule has 0 bridgehead atoms. The van der Waals surface area contributed by atoms with Gasteiger partial charge in [-0.25, -0.2) is 4.39 Å². The van der Waals surface area contributed by atoms with E-state index in [-0.39, 0.29) is 5.57 Å². The Morgan fingerprint density at radius 1 is 1.40 bits per heavy atom. The minimum absolute atomic E-state index is 0.0710. The van der Waals surface area contributed by atoms with Crippen LogP contribution in [0.2, 0.25) is 0 Å². The van der Waals surface area contributed by atoms with E-state index in [1.165, 1.54) is 18.3 Å². The standard InChI is InChI=1S/C10H5BrFN3/c11-9-2-1-8(3-10(9)12)15-6-7(4-13)5-14/h1-3,6,15H. The average molecular weight is 266 g/mol. The molecule has 0 unspecified atom stereocenters. The lowest BCUT2D eigenvalue weighted by Crippen LogP contribution is -1.90. The van der Waals surface area contributed by atoms with Gasteiger partial charge in [-0.15, -0.1) is 0 Å². The van der Waals surface area contributed by atoms with E-state index < -0.39 is 5.82 Å². The van der Waals surface area contributed by atoms with Gasteiger partial charge in [0.25, 0.3) is 0 Å². The highest BCUT2D eigenvalue weighted by Crippen LogP contribution is 2.19. The number of nitriles is 2. The first-order valence-corrected chi connectivity index (χ1v) is 4.68. The second kappa shape index (κ2) is 5.14. The highest BCUT2D eigenvalue weighted by molar-refractivity contribution is 9.10. The summed E-state index contributed by atoms with van der Waals surface area (Å²) in [7, 11) is 0. The van der Waals surface area contributed by atoms with Crippen molar-refractivity contribution in [2.75, 3.05) is 5.32 Å². The van der Waals surface area contributed by atoms with Crippen molar-refractivity contribution in [1.29, 1.82) is 10.5 Å². The highest BCUT2D eigenvalue weighted by atomic mass is 79.9. The van der Waals surface area contributed by atoms with Crippen LogP contribution in [0, 0.1) is 28.5 Å². The van der Waals surface area contributed by atoms with Gasteiger partial charge >= 0.3 is 0 Å². The number of halogens is 2. The van der Waals surface area contributed by atoms with Gasteiger partial charge in [-0.2, -0.15) is 10.5 Å². The van der Waals surface area contributed by atoms with Crippen molar-refractivity contribution >= 4 is 21.6 Å². The zero-order valence-electron chi connectivity index (χ0n) is 7.46. The first kappa shape index (κ1) is 11.2. The number of hydrogen-bond acceptors (Lipinski definition) is 3. The van der Waals surface area contributed by atoms with Gasteiger partial charge in [0.1, 0.15) is 23.5 Å². The molecule has 1 N–H and O–H groups in total. The van der Waals surface area contributed by atoms with Crippen molar-refractivity contribution in [3.63, 3.8) is 0 Å². The molecule has 15 heavy (non-hydrogen) atoms. The molecule has 5 heteroatoms. The second-order valence-corrected chi connectivity index (χ2v) is 3.41. The molecule has 0 spiro atoms. The Morgan fingerprint density at radius 3 is 2.60 bits per heavy atom. The molecule has 0 aromatic heterocycles. The van der Waals surface area contributed by atoms with E-state index in [0.29, 0.717) is 10.2 Å². The molecule has 0 radical (unpaired) electrons. The van der Waals surface area contributed by atoms with Crippen molar-refractivity contribution in [1.82, 2.24) is 0 Å². The molecule has 1 aromatic carbocycles. The fourth-order valence-corrected chi connectivity index (χ4v) is 1.08. The normalized spacial score (nSPS) is 8.53. The van der Waals surface area contributed by atoms with Crippen LogP contribution >= 0.6 is 15.9 Å². The SMILES string of the molecule is N#CC(C#N)=CNc1ccc(Br)c(F)c1. The van der Waals surface area contributed by atoms with Crippen LogP contribution in [0.5, 0.6) is 0 Å². The minimum atomic E-state index is -0.413. The molecule has 0 saturated carbocycles. The Labute approximate surface area is 94.6 Å². The lowest BCUT2D eigenvalue weighted by Gasteiger charge is -2.01. The van der Waals surface area contributed by atoms with Crippen LogP contribution in [0.4, 0.5) is 10.1 Å². The largest absolute Gasteiger partial charge is 0.360 e. The van der Waals surface area contributed by atoms with E-state index in [0.717, 1.165) is 0 Å². The fraction of sp³-hybridized carbons (Fsp3) is 0. The van der Waals surface area contributed by atoms with Gasteiger partial charge in [-0.1, -0.05) is 0 Å². The zero-order chi connectivity index (χ0) is 11.3. The van der Waals surface area contributed by atoms with Crippen molar-refractivity contribution in [2.24, 2.45) is 0 Å². The fourth-order valence-electron chi connectivity index (χ4n) is 0.831. The molecule has 0 atom stereocenters. The molecular formula is C10H5BrFN3. The number of allylic oxidation sites excluding steroid dienone is 1. The molecule has 0 saturated heterocycles. The summed E-state index contributed by atoms with van der Waals surface area (Å²) in [6.07, 6.45) is 1.22. The first-order chi connectivity index (χ1) is 7.17. The molecule has 1 aromatic rings. The molecule has 74 valence electrons. The van der Waals surface area contributed by atoms with E-state index >= 15 is 0 Å². The average Bonchev–Trinajstić information content (AvgIpc) is 2.24. The van der Waals surface area contributed by atoms with Crippen LogP contribution in [-0.2, 0) is 0 Å². The van der Waals surface area contributed by atoms with Crippen molar-refractivity contribution in [2.45, 2.75) is 0 Å². The molecule has 0 amide bonds.